The minimum absolute atomic E-state index is 0.00752. The van der Waals surface area contributed by atoms with Gasteiger partial charge in [0, 0.05) is 12.4 Å². The highest BCUT2D eigenvalue weighted by Gasteiger charge is 2.35. The number of ketones is 1. The summed E-state index contributed by atoms with van der Waals surface area (Å²) in [5, 5.41) is 13.0. The van der Waals surface area contributed by atoms with Crippen molar-refractivity contribution >= 4 is 51.2 Å². The topological polar surface area (TPSA) is 252 Å². The fourth-order valence-corrected chi connectivity index (χ4v) is 7.75. The van der Waals surface area contributed by atoms with Gasteiger partial charge in [-0.3, -0.25) is 43.3 Å². The maximum Gasteiger partial charge on any atom is 0.290 e. The van der Waals surface area contributed by atoms with Gasteiger partial charge in [0.05, 0.1) is 24.5 Å². The first-order chi connectivity index (χ1) is 27.5. The highest BCUT2D eigenvalue weighted by molar-refractivity contribution is 7.89. The van der Waals surface area contributed by atoms with E-state index in [1.165, 1.54) is 18.6 Å². The average Bonchev–Trinajstić information content (AvgIpc) is 3.20. The van der Waals surface area contributed by atoms with E-state index in [2.05, 4.69) is 36.6 Å². The lowest BCUT2D eigenvalue weighted by molar-refractivity contribution is -0.141. The van der Waals surface area contributed by atoms with Crippen LogP contribution in [-0.4, -0.2) is 90.3 Å². The Hall–Kier alpha value is -5.26. The molecule has 17 nitrogen and oxygen atoms in total. The van der Waals surface area contributed by atoms with Crippen LogP contribution in [0.2, 0.25) is 0 Å². The molecule has 0 spiro atoms. The number of rotatable bonds is 22. The molecule has 0 bridgehead atoms. The van der Waals surface area contributed by atoms with Gasteiger partial charge in [0.2, 0.25) is 33.5 Å². The first-order valence-corrected chi connectivity index (χ1v) is 21.6. The third-order valence-corrected chi connectivity index (χ3v) is 11.2. The molecule has 3 rings (SSSR count). The summed E-state index contributed by atoms with van der Waals surface area (Å²) < 4.78 is 26.7. The normalized spacial score (nSPS) is 15.8. The van der Waals surface area contributed by atoms with E-state index in [1.54, 1.807) is 44.2 Å². The SMILES string of the molecule is CCC(NC(=O)[C@H](CC1CCCCC1)NC(=O)[C@@H](NC(=O)[C@H](CC(C)C)NC(=O)c1cnccn1)[C@@H](C)CC)C(=O)C(=O)NCC(=O)NS(=O)(=O)Cc1ccccc1. The number of benzene rings is 1. The molecule has 1 fully saturated rings. The Kier molecular flexibility index (Phi) is 18.9. The number of amides is 6. The van der Waals surface area contributed by atoms with Crippen LogP contribution in [-0.2, 0) is 44.5 Å². The fraction of sp³-hybridized carbons (Fsp3) is 0.575. The number of hydrogen-bond donors (Lipinski definition) is 6. The van der Waals surface area contributed by atoms with Crippen LogP contribution in [0.4, 0.5) is 0 Å². The van der Waals surface area contributed by atoms with Crippen LogP contribution >= 0.6 is 0 Å². The van der Waals surface area contributed by atoms with E-state index in [0.29, 0.717) is 12.0 Å². The van der Waals surface area contributed by atoms with Crippen molar-refractivity contribution < 1.29 is 42.0 Å². The summed E-state index contributed by atoms with van der Waals surface area (Å²) in [6.45, 7) is 8.16. The van der Waals surface area contributed by atoms with E-state index < -0.39 is 93.6 Å². The Bertz CT molecular complexity index is 1820. The zero-order valence-corrected chi connectivity index (χ0v) is 34.7. The van der Waals surface area contributed by atoms with Crippen LogP contribution in [0.25, 0.3) is 0 Å². The van der Waals surface area contributed by atoms with Crippen molar-refractivity contribution in [3.8, 4) is 0 Å². The van der Waals surface area contributed by atoms with Crippen LogP contribution in [0.1, 0.15) is 108 Å². The summed E-state index contributed by atoms with van der Waals surface area (Å²) in [6.07, 6.45) is 9.64. The lowest BCUT2D eigenvalue weighted by Crippen LogP contribution is -2.60. The number of aromatic nitrogens is 2. The standard InChI is InChI=1S/C40H58N8O9S/c1-6-26(5)34(47-37(52)30(20-25(3)4)45-38(53)32-22-41-18-19-42-32)39(54)46-31(21-27-14-10-8-11-15-27)36(51)44-29(7-2)35(50)40(55)43-23-33(49)48-58(56,57)24-28-16-12-9-13-17-28/h9,12-13,16-19,22,25-27,29-31,34H,6-8,10-11,14-15,20-21,23-24H2,1-5H3,(H,43,55)(H,44,51)(H,45,53)(H,46,54)(H,47,52)(H,48,49)/t26-,29?,30-,31-,34-/m0/s1. The van der Waals surface area contributed by atoms with Crippen LogP contribution in [0, 0.1) is 17.8 Å². The number of Topliss-reactive ketones (excluding diaryl/α,β-unsaturated/α-hetero) is 1. The van der Waals surface area contributed by atoms with E-state index in [0.717, 1.165) is 32.1 Å². The first-order valence-electron chi connectivity index (χ1n) is 19.9. The number of nitrogens with zero attached hydrogens (tertiary/aromatic N) is 2. The molecule has 58 heavy (non-hydrogen) atoms. The largest absolute Gasteiger partial charge is 0.344 e. The van der Waals surface area contributed by atoms with Crippen molar-refractivity contribution in [1.29, 1.82) is 0 Å². The molecule has 1 aliphatic rings. The van der Waals surface area contributed by atoms with E-state index in [-0.39, 0.29) is 36.8 Å². The fourth-order valence-electron chi connectivity index (χ4n) is 6.63. The molecule has 1 aromatic carbocycles. The first kappa shape index (κ1) is 47.1. The Morgan fingerprint density at radius 1 is 0.776 bits per heavy atom. The number of carbonyl (C=O) groups is 7. The van der Waals surface area contributed by atoms with Gasteiger partial charge in [-0.15, -0.1) is 0 Å². The minimum atomic E-state index is -4.09. The van der Waals surface area contributed by atoms with Gasteiger partial charge in [-0.25, -0.2) is 13.4 Å². The van der Waals surface area contributed by atoms with Crippen LogP contribution < -0.4 is 31.3 Å². The lowest BCUT2D eigenvalue weighted by Gasteiger charge is -2.31. The molecular formula is C40H58N8O9S. The van der Waals surface area contributed by atoms with Crippen LogP contribution in [0.5, 0.6) is 0 Å². The Balaban J connectivity index is 1.71. The Morgan fingerprint density at radius 3 is 2.03 bits per heavy atom. The van der Waals surface area contributed by atoms with Crippen LogP contribution in [0.3, 0.4) is 0 Å². The molecule has 318 valence electrons. The third-order valence-electron chi connectivity index (χ3n) is 9.99. The molecule has 1 heterocycles. The summed E-state index contributed by atoms with van der Waals surface area (Å²) in [7, 11) is -4.09. The molecule has 6 amide bonds. The highest BCUT2D eigenvalue weighted by atomic mass is 32.2. The summed E-state index contributed by atoms with van der Waals surface area (Å²) in [5.41, 5.74) is 0.464. The average molecular weight is 827 g/mol. The second-order valence-electron chi connectivity index (χ2n) is 15.2. The van der Waals surface area contributed by atoms with Crippen molar-refractivity contribution in [2.75, 3.05) is 6.54 Å². The summed E-state index contributed by atoms with van der Waals surface area (Å²) in [6, 6.07) is 3.59. The minimum Gasteiger partial charge on any atom is -0.344 e. The maximum absolute atomic E-state index is 14.0. The molecule has 2 aromatic rings. The lowest BCUT2D eigenvalue weighted by atomic mass is 9.84. The van der Waals surface area contributed by atoms with E-state index in [4.69, 9.17) is 0 Å². The van der Waals surface area contributed by atoms with Crippen molar-refractivity contribution in [1.82, 2.24) is 41.3 Å². The second kappa shape index (κ2) is 23.2. The summed E-state index contributed by atoms with van der Waals surface area (Å²) in [5.74, 6) is -6.66. The Labute approximate surface area is 340 Å². The van der Waals surface area contributed by atoms with Crippen molar-refractivity contribution in [2.24, 2.45) is 17.8 Å². The van der Waals surface area contributed by atoms with E-state index >= 15 is 0 Å². The predicted octanol–water partition coefficient (Wildman–Crippen LogP) is 1.83. The third kappa shape index (κ3) is 15.6. The molecule has 1 saturated carbocycles. The molecule has 5 atom stereocenters. The highest BCUT2D eigenvalue weighted by Crippen LogP contribution is 2.27. The summed E-state index contributed by atoms with van der Waals surface area (Å²) >= 11 is 0. The number of sulfonamides is 1. The van der Waals surface area contributed by atoms with Gasteiger partial charge in [-0.1, -0.05) is 103 Å². The van der Waals surface area contributed by atoms with Crippen molar-refractivity contribution in [3.05, 3.63) is 60.2 Å². The molecule has 1 aliphatic carbocycles. The molecule has 18 heteroatoms. The van der Waals surface area contributed by atoms with E-state index in [1.807, 2.05) is 25.5 Å². The predicted molar refractivity (Wildman–Crippen MR) is 215 cm³/mol. The monoisotopic (exact) mass is 826 g/mol. The molecule has 6 N–H and O–H groups in total. The zero-order chi connectivity index (χ0) is 42.8. The van der Waals surface area contributed by atoms with Gasteiger partial charge in [-0.05, 0) is 42.6 Å². The van der Waals surface area contributed by atoms with E-state index in [9.17, 15) is 42.0 Å². The van der Waals surface area contributed by atoms with Gasteiger partial charge in [-0.2, -0.15) is 0 Å². The molecule has 0 saturated heterocycles. The van der Waals surface area contributed by atoms with Gasteiger partial charge in [0.15, 0.2) is 0 Å². The zero-order valence-electron chi connectivity index (χ0n) is 33.9. The van der Waals surface area contributed by atoms with Gasteiger partial charge >= 0.3 is 0 Å². The van der Waals surface area contributed by atoms with Gasteiger partial charge < -0.3 is 26.6 Å². The molecule has 0 radical (unpaired) electrons. The second-order valence-corrected chi connectivity index (χ2v) is 16.9. The summed E-state index contributed by atoms with van der Waals surface area (Å²) in [4.78, 5) is 101. The smallest absolute Gasteiger partial charge is 0.290 e. The Morgan fingerprint density at radius 2 is 1.43 bits per heavy atom. The number of hydrogen-bond acceptors (Lipinski definition) is 11. The number of carbonyl (C=O) groups excluding carboxylic acids is 7. The quantitative estimate of drug-likeness (QED) is 0.0935. The maximum atomic E-state index is 14.0. The molecule has 1 aromatic heterocycles. The number of nitrogens with one attached hydrogen (secondary N) is 6. The van der Waals surface area contributed by atoms with Gasteiger partial charge in [0.25, 0.3) is 17.7 Å². The van der Waals surface area contributed by atoms with Gasteiger partial charge in [0.1, 0.15) is 23.8 Å². The van der Waals surface area contributed by atoms with Crippen LogP contribution in [0.15, 0.2) is 48.9 Å². The molecule has 1 unspecified atom stereocenters. The van der Waals surface area contributed by atoms with Crippen molar-refractivity contribution in [3.63, 3.8) is 0 Å². The van der Waals surface area contributed by atoms with Crippen molar-refractivity contribution in [2.45, 2.75) is 122 Å². The molecular weight excluding hydrogens is 769 g/mol. The molecule has 0 aliphatic heterocycles.